The highest BCUT2D eigenvalue weighted by atomic mass is 31.1. The van der Waals surface area contributed by atoms with Gasteiger partial charge in [-0.1, -0.05) is 0 Å². The molecule has 0 aromatic carbocycles. The van der Waals surface area contributed by atoms with Crippen molar-refractivity contribution in [1.29, 1.82) is 0 Å². The maximum Gasteiger partial charge on any atom is 0.509 e. The largest absolute Gasteiger partial charge is 0.509 e. The third kappa shape index (κ3) is 4.76. The molecule has 0 rings (SSSR count). The number of rotatable bonds is 5. The van der Waals surface area contributed by atoms with Crippen molar-refractivity contribution >= 4 is 20.0 Å². The smallest absolute Gasteiger partial charge is 0.481 e. The van der Waals surface area contributed by atoms with E-state index in [1.165, 1.54) is 0 Å². The molecule has 12 heavy (non-hydrogen) atoms. The van der Waals surface area contributed by atoms with Crippen LogP contribution in [0.1, 0.15) is 12.8 Å². The fraction of sp³-hybridized carbons (Fsp3) is 0.600. The minimum atomic E-state index is -2.74. The normalized spacial score (nSPS) is 11.3. The summed E-state index contributed by atoms with van der Waals surface area (Å²) in [7, 11) is -2.74. The Morgan fingerprint density at radius 2 is 1.50 bits per heavy atom. The van der Waals surface area contributed by atoms with Gasteiger partial charge in [0.25, 0.3) is 0 Å². The van der Waals surface area contributed by atoms with Crippen molar-refractivity contribution in [1.82, 2.24) is 0 Å². The van der Waals surface area contributed by atoms with Crippen molar-refractivity contribution in [3.05, 3.63) is 0 Å². The van der Waals surface area contributed by atoms with Crippen LogP contribution in [0, 0.1) is 0 Å². The summed E-state index contributed by atoms with van der Waals surface area (Å²) in [6.07, 6.45) is -1.20. The molecule has 1 unspecified atom stereocenters. The Hall–Kier alpha value is -1.00. The van der Waals surface area contributed by atoms with E-state index in [0.29, 0.717) is 0 Å². The molecule has 68 valence electrons. The van der Waals surface area contributed by atoms with Gasteiger partial charge in [-0.25, -0.2) is 0 Å². The Labute approximate surface area is 68.7 Å². The Morgan fingerprint density at radius 1 is 1.17 bits per heavy atom. The molecule has 0 fully saturated rings. The lowest BCUT2D eigenvalue weighted by molar-refractivity contribution is -0.138. The van der Waals surface area contributed by atoms with Crippen LogP contribution in [-0.2, 0) is 14.2 Å². The average Bonchev–Trinajstić information content (AvgIpc) is 1.83. The van der Waals surface area contributed by atoms with Gasteiger partial charge in [-0.05, 0) is 4.57 Å². The molecule has 0 spiro atoms. The standard InChI is InChI=1S/C5H7O6P/c6-4(7)1-3(12(10)11)2-5(8)9/h3H,1-2H2,(H2-,6,7,8,9,10,11)/p+1. The molecule has 3 N–H and O–H groups in total. The summed E-state index contributed by atoms with van der Waals surface area (Å²) in [6, 6.07) is 0. The lowest BCUT2D eigenvalue weighted by Gasteiger charge is -1.96. The maximum atomic E-state index is 10.4. The third-order valence-corrected chi connectivity index (χ3v) is 2.12. The van der Waals surface area contributed by atoms with Gasteiger partial charge in [0.15, 0.2) is 0 Å². The quantitative estimate of drug-likeness (QED) is 0.534. The molecule has 0 aliphatic heterocycles. The highest BCUT2D eigenvalue weighted by Crippen LogP contribution is 2.27. The number of carboxylic acids is 2. The fourth-order valence-electron chi connectivity index (χ4n) is 0.631. The minimum absolute atomic E-state index is 0.599. The second-order valence-corrected chi connectivity index (χ2v) is 3.49. The number of hydrogen-bond acceptors (Lipinski definition) is 3. The third-order valence-electron chi connectivity index (χ3n) is 1.13. The predicted octanol–water partition coefficient (Wildman–Crippen LogP) is 0.0391. The molecule has 0 bridgehead atoms. The van der Waals surface area contributed by atoms with Crippen LogP contribution in [0.5, 0.6) is 0 Å². The number of hydrogen-bond donors (Lipinski definition) is 3. The zero-order chi connectivity index (χ0) is 9.72. The molecule has 0 amide bonds. The molecular weight excluding hydrogens is 187 g/mol. The fourth-order valence-corrected chi connectivity index (χ4v) is 1.26. The summed E-state index contributed by atoms with van der Waals surface area (Å²) >= 11 is 0. The van der Waals surface area contributed by atoms with Crippen LogP contribution in [0.25, 0.3) is 0 Å². The van der Waals surface area contributed by atoms with E-state index in [4.69, 9.17) is 15.1 Å². The monoisotopic (exact) mass is 195 g/mol. The summed E-state index contributed by atoms with van der Waals surface area (Å²) in [5.41, 5.74) is -1.20. The zero-order valence-corrected chi connectivity index (χ0v) is 6.90. The minimum Gasteiger partial charge on any atom is -0.481 e. The van der Waals surface area contributed by atoms with E-state index in [0.717, 1.165) is 0 Å². The number of carbonyl (C=O) groups is 2. The molecule has 0 aromatic heterocycles. The SMILES string of the molecule is O=C(O)CC(CC(=O)O)[P+](=O)O. The van der Waals surface area contributed by atoms with Crippen LogP contribution < -0.4 is 0 Å². The van der Waals surface area contributed by atoms with E-state index < -0.39 is 38.5 Å². The van der Waals surface area contributed by atoms with Crippen molar-refractivity contribution in [3.8, 4) is 0 Å². The molecule has 0 aromatic rings. The van der Waals surface area contributed by atoms with E-state index in [1.54, 1.807) is 0 Å². The summed E-state index contributed by atoms with van der Waals surface area (Å²) < 4.78 is 10.4. The first kappa shape index (κ1) is 11.0. The predicted molar refractivity (Wildman–Crippen MR) is 38.1 cm³/mol. The van der Waals surface area contributed by atoms with Gasteiger partial charge in [-0.3, -0.25) is 9.59 Å². The molecule has 0 heterocycles. The van der Waals surface area contributed by atoms with Gasteiger partial charge in [-0.15, -0.1) is 0 Å². The maximum absolute atomic E-state index is 10.4. The van der Waals surface area contributed by atoms with Gasteiger partial charge in [0.2, 0.25) is 5.66 Å². The second kappa shape index (κ2) is 4.79. The van der Waals surface area contributed by atoms with Crippen molar-refractivity contribution in [3.63, 3.8) is 0 Å². The Kier molecular flexibility index (Phi) is 4.39. The summed E-state index contributed by atoms with van der Waals surface area (Å²) in [5, 5.41) is 16.4. The van der Waals surface area contributed by atoms with Crippen molar-refractivity contribution < 1.29 is 29.3 Å². The van der Waals surface area contributed by atoms with Gasteiger partial charge in [0.1, 0.15) is 0 Å². The van der Waals surface area contributed by atoms with Crippen LogP contribution in [0.4, 0.5) is 0 Å². The van der Waals surface area contributed by atoms with E-state index >= 15 is 0 Å². The Balaban J connectivity index is 4.14. The Morgan fingerprint density at radius 3 is 1.67 bits per heavy atom. The van der Waals surface area contributed by atoms with Gasteiger partial charge in [-0.2, -0.15) is 4.89 Å². The molecule has 0 saturated carbocycles. The van der Waals surface area contributed by atoms with Crippen LogP contribution >= 0.6 is 8.03 Å². The first-order chi connectivity index (χ1) is 5.43. The molecule has 0 saturated heterocycles. The van der Waals surface area contributed by atoms with Crippen LogP contribution in [0.15, 0.2) is 0 Å². The average molecular weight is 195 g/mol. The van der Waals surface area contributed by atoms with Gasteiger partial charge in [0, 0.05) is 0 Å². The van der Waals surface area contributed by atoms with Gasteiger partial charge >= 0.3 is 20.0 Å². The van der Waals surface area contributed by atoms with Crippen LogP contribution in [0.2, 0.25) is 0 Å². The van der Waals surface area contributed by atoms with E-state index in [-0.39, 0.29) is 0 Å². The van der Waals surface area contributed by atoms with E-state index in [1.807, 2.05) is 0 Å². The molecule has 0 radical (unpaired) electrons. The molecule has 7 heteroatoms. The highest BCUT2D eigenvalue weighted by Gasteiger charge is 2.33. The second-order valence-electron chi connectivity index (χ2n) is 2.15. The number of aliphatic carboxylic acids is 2. The molecule has 0 aliphatic rings. The molecule has 6 nitrogen and oxygen atoms in total. The summed E-state index contributed by atoms with van der Waals surface area (Å²) in [4.78, 5) is 28.6. The van der Waals surface area contributed by atoms with Gasteiger partial charge in [0.05, 0.1) is 12.8 Å². The summed E-state index contributed by atoms with van der Waals surface area (Å²) in [5.74, 6) is -2.56. The van der Waals surface area contributed by atoms with Gasteiger partial charge < -0.3 is 10.2 Å². The first-order valence-corrected chi connectivity index (χ1v) is 4.30. The molecule has 0 aliphatic carbocycles. The molecule has 1 atom stereocenters. The lowest BCUT2D eigenvalue weighted by atomic mass is 10.2. The van der Waals surface area contributed by atoms with E-state index in [9.17, 15) is 14.2 Å². The Bertz CT molecular complexity index is 196. The van der Waals surface area contributed by atoms with Crippen molar-refractivity contribution in [2.45, 2.75) is 18.5 Å². The lowest BCUT2D eigenvalue weighted by Crippen LogP contribution is -2.14. The van der Waals surface area contributed by atoms with Crippen LogP contribution in [-0.4, -0.2) is 32.7 Å². The van der Waals surface area contributed by atoms with Crippen LogP contribution in [0.3, 0.4) is 0 Å². The van der Waals surface area contributed by atoms with Crippen molar-refractivity contribution in [2.75, 3.05) is 0 Å². The molecular formula is C5H8O6P+. The highest BCUT2D eigenvalue weighted by molar-refractivity contribution is 7.39. The van der Waals surface area contributed by atoms with Crippen molar-refractivity contribution in [2.24, 2.45) is 0 Å². The number of carboxylic acid groups (broad SMARTS) is 2. The van der Waals surface area contributed by atoms with E-state index in [2.05, 4.69) is 0 Å². The first-order valence-electron chi connectivity index (χ1n) is 3.02. The summed E-state index contributed by atoms with van der Waals surface area (Å²) in [6.45, 7) is 0. The topological polar surface area (TPSA) is 112 Å². The zero-order valence-electron chi connectivity index (χ0n) is 6.01.